The minimum atomic E-state index is -0.366. The minimum Gasteiger partial charge on any atom is -0.385 e. The summed E-state index contributed by atoms with van der Waals surface area (Å²) in [5.74, 6) is 0.189. The van der Waals surface area contributed by atoms with E-state index >= 15 is 0 Å². The number of nitrogens with one attached hydrogen (secondary N) is 3. The van der Waals surface area contributed by atoms with Gasteiger partial charge in [0, 0.05) is 36.4 Å². The molecule has 0 spiro atoms. The highest BCUT2D eigenvalue weighted by Gasteiger charge is 2.36. The van der Waals surface area contributed by atoms with Gasteiger partial charge >= 0.3 is 0 Å². The molecule has 0 radical (unpaired) electrons. The Kier molecular flexibility index (Phi) is 16.6. The molecule has 3 heterocycles. The highest BCUT2D eigenvalue weighted by molar-refractivity contribution is 7.15. The molecular weight excluding hydrogens is 549 g/mol. The van der Waals surface area contributed by atoms with Gasteiger partial charge in [0.1, 0.15) is 12.0 Å². The molecule has 2 unspecified atom stereocenters. The van der Waals surface area contributed by atoms with Gasteiger partial charge in [0.15, 0.2) is 5.52 Å². The number of aromatic amines is 1. The van der Waals surface area contributed by atoms with Crippen LogP contribution in [0.5, 0.6) is 0 Å². The normalized spacial score (nSPS) is 15.5. The number of aromatic nitrogens is 3. The lowest BCUT2D eigenvalue weighted by Gasteiger charge is -2.45. The van der Waals surface area contributed by atoms with Gasteiger partial charge < -0.3 is 26.5 Å². The van der Waals surface area contributed by atoms with Crippen LogP contribution < -0.4 is 21.9 Å². The molecule has 0 aliphatic carbocycles. The average molecular weight is 596 g/mol. The van der Waals surface area contributed by atoms with Crippen LogP contribution >= 0.6 is 8.86 Å². The van der Waals surface area contributed by atoms with E-state index in [1.807, 2.05) is 17.0 Å². The van der Waals surface area contributed by atoms with Gasteiger partial charge in [-0.25, -0.2) is 4.98 Å². The maximum Gasteiger partial charge on any atom is 0.277 e. The summed E-state index contributed by atoms with van der Waals surface area (Å²) in [6, 6.07) is 9.18. The van der Waals surface area contributed by atoms with Gasteiger partial charge in [0.2, 0.25) is 0 Å². The van der Waals surface area contributed by atoms with E-state index in [4.69, 9.17) is 5.73 Å². The van der Waals surface area contributed by atoms with Crippen LogP contribution in [-0.2, 0) is 6.54 Å². The number of unbranched alkanes of at least 4 members (excludes halogenated alkanes) is 2. The predicted octanol–water partition coefficient (Wildman–Crippen LogP) is 4.77. The van der Waals surface area contributed by atoms with E-state index < -0.39 is 0 Å². The summed E-state index contributed by atoms with van der Waals surface area (Å²) in [7, 11) is 2.72. The van der Waals surface area contributed by atoms with Crippen molar-refractivity contribution >= 4 is 43.6 Å². The summed E-state index contributed by atoms with van der Waals surface area (Å²) < 4.78 is 0. The molecule has 1 saturated heterocycles. The highest BCUT2D eigenvalue weighted by atomic mass is 31.0. The summed E-state index contributed by atoms with van der Waals surface area (Å²) in [6.45, 7) is 18.1. The van der Waals surface area contributed by atoms with Crippen LogP contribution in [0.3, 0.4) is 0 Å². The first kappa shape index (κ1) is 36.2. The number of nitrogens with two attached hydrogens (primary N) is 1. The van der Waals surface area contributed by atoms with Crippen molar-refractivity contribution in [2.75, 3.05) is 24.1 Å². The molecule has 6 N–H and O–H groups in total. The van der Waals surface area contributed by atoms with Crippen LogP contribution in [-0.4, -0.2) is 62.5 Å². The zero-order valence-corrected chi connectivity index (χ0v) is 26.1. The molecule has 0 bridgehead atoms. The molecule has 228 valence electrons. The molecule has 11 heteroatoms. The Morgan fingerprint density at radius 1 is 1.17 bits per heavy atom. The number of likely N-dealkylation sites (tertiary alicyclic amines) is 1. The Hall–Kier alpha value is -3.85. The van der Waals surface area contributed by atoms with Crippen molar-refractivity contribution in [2.24, 2.45) is 0 Å². The second-order valence-electron chi connectivity index (χ2n) is 9.41. The van der Waals surface area contributed by atoms with E-state index in [1.54, 1.807) is 24.4 Å². The standard InChI is InChI=1S/C20H24N6O2.C8H15NO.C2H4.CH3P/c1-2-3-4-9-22-19(27)13-5-7-14(8-6-13)23-11-15-12-24-16-10-17(21)26-20(28)18(16)25-15;1-4-5-9-7(3)6(2)8(9)10;2*1-2/h5-8,10,12,23H,2-4,9,11H2,1H3,(H,22,27)(H3,21,26,28);7-8,10H,2,4-5H2,1,3H3;1-2H2;2H,1H2. The van der Waals surface area contributed by atoms with Crippen molar-refractivity contribution in [1.82, 2.24) is 25.2 Å². The maximum absolute atomic E-state index is 12.1. The lowest BCUT2D eigenvalue weighted by molar-refractivity contribution is -0.0518. The van der Waals surface area contributed by atoms with Crippen LogP contribution in [0.2, 0.25) is 0 Å². The monoisotopic (exact) mass is 595 g/mol. The molecule has 10 nitrogen and oxygen atoms in total. The number of nitrogens with zero attached hydrogens (tertiary/aromatic N) is 3. The quantitative estimate of drug-likeness (QED) is 0.128. The van der Waals surface area contributed by atoms with Crippen molar-refractivity contribution in [3.63, 3.8) is 0 Å². The predicted molar refractivity (Wildman–Crippen MR) is 178 cm³/mol. The Morgan fingerprint density at radius 3 is 2.43 bits per heavy atom. The highest BCUT2D eigenvalue weighted by Crippen LogP contribution is 2.27. The molecular formula is C31H46N7O3P. The zero-order chi connectivity index (χ0) is 31.7. The number of benzene rings is 1. The lowest BCUT2D eigenvalue weighted by Crippen LogP contribution is -2.56. The van der Waals surface area contributed by atoms with Gasteiger partial charge in [-0.1, -0.05) is 39.6 Å². The number of aliphatic hydroxyl groups excluding tert-OH is 1. The Bertz CT molecular complexity index is 1320. The van der Waals surface area contributed by atoms with Gasteiger partial charge in [0.05, 0.1) is 24.0 Å². The van der Waals surface area contributed by atoms with E-state index in [1.165, 1.54) is 0 Å². The molecule has 2 atom stereocenters. The van der Waals surface area contributed by atoms with E-state index in [9.17, 15) is 14.7 Å². The molecule has 1 aliphatic heterocycles. The molecule has 4 rings (SSSR count). The number of fused-ring (bicyclic) bond motifs is 1. The third kappa shape index (κ3) is 10.5. The Morgan fingerprint density at radius 2 is 1.83 bits per heavy atom. The van der Waals surface area contributed by atoms with E-state index in [0.29, 0.717) is 35.9 Å². The van der Waals surface area contributed by atoms with Crippen LogP contribution in [0.25, 0.3) is 11.0 Å². The first-order chi connectivity index (χ1) is 20.2. The summed E-state index contributed by atoms with van der Waals surface area (Å²) in [5.41, 5.74) is 9.00. The fourth-order valence-corrected chi connectivity index (χ4v) is 4.12. The molecule has 1 fully saturated rings. The van der Waals surface area contributed by atoms with E-state index in [-0.39, 0.29) is 29.0 Å². The number of hydrogen-bond donors (Lipinski definition) is 5. The van der Waals surface area contributed by atoms with Gasteiger partial charge in [-0.3, -0.25) is 19.5 Å². The van der Waals surface area contributed by atoms with Crippen molar-refractivity contribution in [3.05, 3.63) is 83.4 Å². The van der Waals surface area contributed by atoms with E-state index in [2.05, 4.69) is 81.3 Å². The summed E-state index contributed by atoms with van der Waals surface area (Å²) in [4.78, 5) is 37.2. The number of rotatable bonds is 10. The zero-order valence-electron chi connectivity index (χ0n) is 25.1. The van der Waals surface area contributed by atoms with Gasteiger partial charge in [0.25, 0.3) is 11.5 Å². The third-order valence-electron chi connectivity index (χ3n) is 6.46. The first-order valence-corrected chi connectivity index (χ1v) is 14.7. The molecule has 1 aromatic carbocycles. The number of anilines is 2. The van der Waals surface area contributed by atoms with Crippen molar-refractivity contribution in [3.8, 4) is 0 Å². The number of H-pyrrole nitrogens is 1. The SMILES string of the molecule is C=C.C=C1C(C)N(CCC)C1O.C=P.CCCCCNC(=O)c1ccc(NCc2cnc3cc(N)[nH]c(=O)c3n2)cc1. The number of hydrogen-bond acceptors (Lipinski definition) is 8. The van der Waals surface area contributed by atoms with Crippen LogP contribution in [0.1, 0.15) is 62.5 Å². The van der Waals surface area contributed by atoms with Crippen molar-refractivity contribution in [1.29, 1.82) is 0 Å². The summed E-state index contributed by atoms with van der Waals surface area (Å²) in [6.07, 6.45) is 8.61. The first-order valence-electron chi connectivity index (χ1n) is 14.0. The molecule has 3 aromatic rings. The topological polar surface area (TPSA) is 149 Å². The minimum absolute atomic E-state index is 0.0680. The van der Waals surface area contributed by atoms with Crippen LogP contribution in [0.4, 0.5) is 11.5 Å². The number of carbonyl (C=O) groups excluding carboxylic acids is 1. The number of aliphatic hydroxyl groups is 1. The second-order valence-corrected chi connectivity index (χ2v) is 9.41. The van der Waals surface area contributed by atoms with Gasteiger partial charge in [-0.15, -0.1) is 22.0 Å². The largest absolute Gasteiger partial charge is 0.385 e. The number of pyridine rings is 1. The Balaban J connectivity index is 0.000000526. The fourth-order valence-electron chi connectivity index (χ4n) is 4.12. The lowest BCUT2D eigenvalue weighted by atomic mass is 9.96. The molecule has 0 saturated carbocycles. The van der Waals surface area contributed by atoms with E-state index in [0.717, 1.165) is 43.5 Å². The van der Waals surface area contributed by atoms with Gasteiger partial charge in [-0.05, 0) is 49.6 Å². The van der Waals surface area contributed by atoms with Crippen molar-refractivity contribution < 1.29 is 9.90 Å². The Labute approximate surface area is 251 Å². The van der Waals surface area contributed by atoms with Gasteiger partial charge in [-0.2, -0.15) is 0 Å². The summed E-state index contributed by atoms with van der Waals surface area (Å²) >= 11 is 0. The molecule has 1 aliphatic rings. The molecule has 1 amide bonds. The van der Waals surface area contributed by atoms with Crippen LogP contribution in [0, 0.1) is 0 Å². The van der Waals surface area contributed by atoms with Crippen molar-refractivity contribution in [2.45, 2.75) is 65.3 Å². The second kappa shape index (κ2) is 19.3. The number of amides is 1. The third-order valence-corrected chi connectivity index (χ3v) is 6.46. The van der Waals surface area contributed by atoms with Crippen LogP contribution in [0.15, 0.2) is 66.6 Å². The summed E-state index contributed by atoms with van der Waals surface area (Å²) in [5, 5.41) is 15.4. The average Bonchev–Trinajstić information content (AvgIpc) is 3.03. The maximum atomic E-state index is 12.1. The molecule has 42 heavy (non-hydrogen) atoms. The number of carbonyl (C=O) groups is 1. The fraction of sp³-hybridized carbons (Fsp3) is 0.387. The smallest absolute Gasteiger partial charge is 0.277 e. The molecule has 2 aromatic heterocycles. The number of nitrogen functional groups attached to an aromatic ring is 1.